The standard InChI is InChI=1S/C11H22N2O2S2/c14-17(15,13-6-8-16-9-7-13)10-4-11-3-1-2-5-12-11/h11-12H,1-10H2. The first-order valence-electron chi connectivity index (χ1n) is 6.47. The molecule has 17 heavy (non-hydrogen) atoms. The average Bonchev–Trinajstić information content (AvgIpc) is 2.39. The summed E-state index contributed by atoms with van der Waals surface area (Å²) >= 11 is 1.84. The largest absolute Gasteiger partial charge is 0.314 e. The molecule has 0 aromatic rings. The van der Waals surface area contributed by atoms with Crippen molar-refractivity contribution in [1.29, 1.82) is 0 Å². The summed E-state index contributed by atoms with van der Waals surface area (Å²) < 4.78 is 25.9. The molecule has 0 amide bonds. The second-order valence-electron chi connectivity index (χ2n) is 4.76. The van der Waals surface area contributed by atoms with Crippen LogP contribution in [0.1, 0.15) is 25.7 Å². The van der Waals surface area contributed by atoms with Crippen LogP contribution in [0.2, 0.25) is 0 Å². The van der Waals surface area contributed by atoms with Gasteiger partial charge in [0.2, 0.25) is 10.0 Å². The lowest BCUT2D eigenvalue weighted by Gasteiger charge is -2.28. The first-order valence-corrected chi connectivity index (χ1v) is 9.24. The molecule has 1 unspecified atom stereocenters. The van der Waals surface area contributed by atoms with Crippen molar-refractivity contribution in [2.45, 2.75) is 31.7 Å². The quantitative estimate of drug-likeness (QED) is 0.830. The molecular weight excluding hydrogens is 256 g/mol. The number of sulfonamides is 1. The van der Waals surface area contributed by atoms with Gasteiger partial charge < -0.3 is 5.32 Å². The molecular formula is C11H22N2O2S2. The minimum Gasteiger partial charge on any atom is -0.314 e. The molecule has 0 spiro atoms. The van der Waals surface area contributed by atoms with Gasteiger partial charge in [-0.2, -0.15) is 11.8 Å². The van der Waals surface area contributed by atoms with Gasteiger partial charge in [-0.15, -0.1) is 0 Å². The molecule has 2 heterocycles. The van der Waals surface area contributed by atoms with E-state index in [9.17, 15) is 8.42 Å². The third-order valence-electron chi connectivity index (χ3n) is 3.50. The number of rotatable bonds is 4. The Kier molecular flexibility index (Phi) is 5.14. The van der Waals surface area contributed by atoms with E-state index < -0.39 is 10.0 Å². The Balaban J connectivity index is 1.79. The van der Waals surface area contributed by atoms with Crippen molar-refractivity contribution in [3.63, 3.8) is 0 Å². The second kappa shape index (κ2) is 6.41. The fraction of sp³-hybridized carbons (Fsp3) is 1.00. The van der Waals surface area contributed by atoms with Gasteiger partial charge in [0.15, 0.2) is 0 Å². The Morgan fingerprint density at radius 2 is 2.00 bits per heavy atom. The van der Waals surface area contributed by atoms with Crippen molar-refractivity contribution in [2.24, 2.45) is 0 Å². The molecule has 0 aromatic heterocycles. The van der Waals surface area contributed by atoms with Crippen molar-refractivity contribution in [3.05, 3.63) is 0 Å². The van der Waals surface area contributed by atoms with E-state index in [-0.39, 0.29) is 0 Å². The number of nitrogens with zero attached hydrogens (tertiary/aromatic N) is 1. The molecule has 2 aliphatic rings. The van der Waals surface area contributed by atoms with Gasteiger partial charge in [0.25, 0.3) is 0 Å². The monoisotopic (exact) mass is 278 g/mol. The normalized spacial score (nSPS) is 28.1. The SMILES string of the molecule is O=S(=O)(CCC1CCCCN1)N1CCSCC1. The lowest BCUT2D eigenvalue weighted by molar-refractivity contribution is 0.386. The van der Waals surface area contributed by atoms with Crippen molar-refractivity contribution < 1.29 is 8.42 Å². The maximum atomic E-state index is 12.1. The summed E-state index contributed by atoms with van der Waals surface area (Å²) in [6.45, 7) is 2.45. The highest BCUT2D eigenvalue weighted by Gasteiger charge is 2.25. The van der Waals surface area contributed by atoms with Crippen molar-refractivity contribution in [2.75, 3.05) is 36.9 Å². The lowest BCUT2D eigenvalue weighted by Crippen LogP contribution is -2.41. The summed E-state index contributed by atoms with van der Waals surface area (Å²) in [5, 5.41) is 3.41. The van der Waals surface area contributed by atoms with Gasteiger partial charge in [-0.05, 0) is 25.8 Å². The Morgan fingerprint density at radius 1 is 1.24 bits per heavy atom. The molecule has 4 nitrogen and oxygen atoms in total. The fourth-order valence-electron chi connectivity index (χ4n) is 2.42. The fourth-order valence-corrected chi connectivity index (χ4v) is 5.13. The third kappa shape index (κ3) is 4.12. The van der Waals surface area contributed by atoms with Crippen LogP contribution >= 0.6 is 11.8 Å². The predicted molar refractivity (Wildman–Crippen MR) is 72.9 cm³/mol. The van der Waals surface area contributed by atoms with Gasteiger partial charge in [0.05, 0.1) is 5.75 Å². The van der Waals surface area contributed by atoms with Gasteiger partial charge in [-0.3, -0.25) is 0 Å². The van der Waals surface area contributed by atoms with Crippen LogP contribution in [0.3, 0.4) is 0 Å². The maximum absolute atomic E-state index is 12.1. The first kappa shape index (κ1) is 13.6. The summed E-state index contributed by atoms with van der Waals surface area (Å²) in [4.78, 5) is 0. The van der Waals surface area contributed by atoms with E-state index in [1.54, 1.807) is 4.31 Å². The van der Waals surface area contributed by atoms with Crippen LogP contribution in [0.15, 0.2) is 0 Å². The molecule has 0 aromatic carbocycles. The zero-order valence-corrected chi connectivity index (χ0v) is 11.9. The van der Waals surface area contributed by atoms with Gasteiger partial charge in [-0.25, -0.2) is 12.7 Å². The summed E-state index contributed by atoms with van der Waals surface area (Å²) in [6, 6.07) is 0.415. The molecule has 2 rings (SSSR count). The summed E-state index contributed by atoms with van der Waals surface area (Å²) in [6.07, 6.45) is 4.36. The zero-order valence-electron chi connectivity index (χ0n) is 10.2. The molecule has 2 fully saturated rings. The van der Waals surface area contributed by atoms with Gasteiger partial charge in [0, 0.05) is 30.6 Å². The van der Waals surface area contributed by atoms with Crippen molar-refractivity contribution in [1.82, 2.24) is 9.62 Å². The zero-order chi connectivity index (χ0) is 12.1. The van der Waals surface area contributed by atoms with E-state index >= 15 is 0 Å². The smallest absolute Gasteiger partial charge is 0.214 e. The van der Waals surface area contributed by atoms with E-state index in [0.717, 1.165) is 30.9 Å². The summed E-state index contributed by atoms with van der Waals surface area (Å²) in [5.41, 5.74) is 0. The van der Waals surface area contributed by atoms with Crippen LogP contribution in [0, 0.1) is 0 Å². The Morgan fingerprint density at radius 3 is 2.65 bits per heavy atom. The van der Waals surface area contributed by atoms with E-state index in [2.05, 4.69) is 5.32 Å². The van der Waals surface area contributed by atoms with Crippen LogP contribution in [-0.4, -0.2) is 55.7 Å². The highest BCUT2D eigenvalue weighted by atomic mass is 32.2. The molecule has 0 saturated carbocycles. The van der Waals surface area contributed by atoms with Crippen molar-refractivity contribution >= 4 is 21.8 Å². The van der Waals surface area contributed by atoms with Crippen LogP contribution in [-0.2, 0) is 10.0 Å². The van der Waals surface area contributed by atoms with Crippen LogP contribution in [0.25, 0.3) is 0 Å². The molecule has 0 bridgehead atoms. The molecule has 2 saturated heterocycles. The van der Waals surface area contributed by atoms with E-state index in [1.807, 2.05) is 11.8 Å². The molecule has 2 aliphatic heterocycles. The lowest BCUT2D eigenvalue weighted by atomic mass is 10.0. The first-order chi connectivity index (χ1) is 8.18. The average molecular weight is 278 g/mol. The van der Waals surface area contributed by atoms with Gasteiger partial charge >= 0.3 is 0 Å². The van der Waals surface area contributed by atoms with Gasteiger partial charge in [-0.1, -0.05) is 6.42 Å². The minimum absolute atomic E-state index is 0.315. The Labute approximate surface area is 109 Å². The summed E-state index contributed by atoms with van der Waals surface area (Å²) in [7, 11) is -3.00. The van der Waals surface area contributed by atoms with E-state index in [0.29, 0.717) is 24.9 Å². The van der Waals surface area contributed by atoms with E-state index in [1.165, 1.54) is 12.8 Å². The van der Waals surface area contributed by atoms with Crippen LogP contribution in [0.4, 0.5) is 0 Å². The number of thioether (sulfide) groups is 1. The maximum Gasteiger partial charge on any atom is 0.214 e. The second-order valence-corrected chi connectivity index (χ2v) is 8.08. The molecule has 1 N–H and O–H groups in total. The van der Waals surface area contributed by atoms with Crippen molar-refractivity contribution in [3.8, 4) is 0 Å². The van der Waals surface area contributed by atoms with Crippen LogP contribution in [0.5, 0.6) is 0 Å². The molecule has 100 valence electrons. The van der Waals surface area contributed by atoms with Gasteiger partial charge in [0.1, 0.15) is 0 Å². The van der Waals surface area contributed by atoms with Crippen LogP contribution < -0.4 is 5.32 Å². The predicted octanol–water partition coefficient (Wildman–Crippen LogP) is 0.897. The molecule has 0 radical (unpaired) electrons. The molecule has 1 atom stereocenters. The third-order valence-corrected chi connectivity index (χ3v) is 6.35. The summed E-state index contributed by atoms with van der Waals surface area (Å²) in [5.74, 6) is 2.21. The highest BCUT2D eigenvalue weighted by Crippen LogP contribution is 2.16. The van der Waals surface area contributed by atoms with E-state index in [4.69, 9.17) is 0 Å². The highest BCUT2D eigenvalue weighted by molar-refractivity contribution is 7.99. The number of hydrogen-bond acceptors (Lipinski definition) is 4. The number of hydrogen-bond donors (Lipinski definition) is 1. The molecule has 0 aliphatic carbocycles. The number of nitrogens with one attached hydrogen (secondary N) is 1. The Bertz CT molecular complexity index is 320. The topological polar surface area (TPSA) is 49.4 Å². The molecule has 6 heteroatoms. The minimum atomic E-state index is -3.00. The number of piperidine rings is 1. The Hall–Kier alpha value is 0.220.